The molecule has 22 heavy (non-hydrogen) atoms. The van der Waals surface area contributed by atoms with Crippen molar-refractivity contribution in [3.8, 4) is 0 Å². The van der Waals surface area contributed by atoms with Crippen molar-refractivity contribution >= 4 is 38.6 Å². The minimum absolute atomic E-state index is 0.0367. The molecule has 0 aromatic heterocycles. The summed E-state index contributed by atoms with van der Waals surface area (Å²) in [5.41, 5.74) is 0. The maximum Gasteiger partial charge on any atom is 0.303 e. The lowest BCUT2D eigenvalue weighted by Gasteiger charge is -2.12. The number of halogens is 1. The van der Waals surface area contributed by atoms with E-state index in [9.17, 15) is 13.8 Å². The fraction of sp³-hybridized carbons (Fsp3) is 0.467. The summed E-state index contributed by atoms with van der Waals surface area (Å²) in [6.45, 7) is 1.78. The second-order valence-corrected chi connectivity index (χ2v) is 7.49. The highest BCUT2D eigenvalue weighted by Crippen LogP contribution is 2.14. The number of carboxylic acids is 1. The molecule has 1 amide bonds. The maximum atomic E-state index is 12.0. The second kappa shape index (κ2) is 9.74. The molecule has 2 N–H and O–H groups in total. The van der Waals surface area contributed by atoms with Gasteiger partial charge in [-0.05, 0) is 44.0 Å². The van der Waals surface area contributed by atoms with Gasteiger partial charge in [0.1, 0.15) is 0 Å². The molecule has 0 aliphatic carbocycles. The Labute approximate surface area is 141 Å². The van der Waals surface area contributed by atoms with Crippen LogP contribution in [0, 0.1) is 0 Å². The van der Waals surface area contributed by atoms with Crippen molar-refractivity contribution in [2.75, 3.05) is 5.75 Å². The minimum atomic E-state index is -1.11. The summed E-state index contributed by atoms with van der Waals surface area (Å²) in [7, 11) is -1.11. The van der Waals surface area contributed by atoms with Gasteiger partial charge in [0.05, 0.1) is 10.8 Å². The largest absolute Gasteiger partial charge is 0.481 e. The van der Waals surface area contributed by atoms with E-state index < -0.39 is 16.8 Å². The Morgan fingerprint density at radius 3 is 2.50 bits per heavy atom. The van der Waals surface area contributed by atoms with Gasteiger partial charge < -0.3 is 10.4 Å². The minimum Gasteiger partial charge on any atom is -0.481 e. The van der Waals surface area contributed by atoms with E-state index in [4.69, 9.17) is 5.11 Å². The fourth-order valence-electron chi connectivity index (χ4n) is 1.83. The van der Waals surface area contributed by atoms with Crippen LogP contribution in [0.1, 0.15) is 32.6 Å². The fourth-order valence-corrected chi connectivity index (χ4v) is 3.17. The van der Waals surface area contributed by atoms with E-state index in [1.54, 1.807) is 19.1 Å². The van der Waals surface area contributed by atoms with E-state index in [1.165, 1.54) is 0 Å². The van der Waals surface area contributed by atoms with Crippen LogP contribution in [0.25, 0.3) is 0 Å². The van der Waals surface area contributed by atoms with E-state index in [1.807, 2.05) is 12.1 Å². The van der Waals surface area contributed by atoms with E-state index in [2.05, 4.69) is 21.2 Å². The van der Waals surface area contributed by atoms with Gasteiger partial charge in [-0.25, -0.2) is 0 Å². The lowest BCUT2D eigenvalue weighted by atomic mass is 10.2. The molecule has 0 aliphatic heterocycles. The monoisotopic (exact) mass is 389 g/mol. The number of hydrogen-bond donors (Lipinski definition) is 2. The first kappa shape index (κ1) is 18.8. The molecule has 7 heteroatoms. The third-order valence-electron chi connectivity index (χ3n) is 3.01. The summed E-state index contributed by atoms with van der Waals surface area (Å²) in [5.74, 6) is -0.574. The Balaban J connectivity index is 2.25. The smallest absolute Gasteiger partial charge is 0.303 e. The van der Waals surface area contributed by atoms with Crippen LogP contribution in [0.5, 0.6) is 0 Å². The van der Waals surface area contributed by atoms with E-state index in [0.29, 0.717) is 25.0 Å². The van der Waals surface area contributed by atoms with Gasteiger partial charge in [-0.2, -0.15) is 0 Å². The van der Waals surface area contributed by atoms with E-state index in [0.717, 1.165) is 9.37 Å². The lowest BCUT2D eigenvalue weighted by Crippen LogP contribution is -2.32. The molecule has 0 fully saturated rings. The number of aliphatic carboxylic acids is 1. The molecule has 1 rings (SSSR count). The summed E-state index contributed by atoms with van der Waals surface area (Å²) in [6.07, 6.45) is 1.26. The second-order valence-electron chi connectivity index (χ2n) is 5.01. The zero-order valence-electron chi connectivity index (χ0n) is 12.4. The Kier molecular flexibility index (Phi) is 8.34. The van der Waals surface area contributed by atoms with Crippen LogP contribution in [0.15, 0.2) is 33.6 Å². The van der Waals surface area contributed by atoms with Gasteiger partial charge in [-0.1, -0.05) is 15.9 Å². The van der Waals surface area contributed by atoms with E-state index in [-0.39, 0.29) is 18.4 Å². The Hall–Kier alpha value is -1.21. The van der Waals surface area contributed by atoms with E-state index >= 15 is 0 Å². The highest BCUT2D eigenvalue weighted by Gasteiger charge is 2.10. The number of carbonyl (C=O) groups is 2. The number of hydrogen-bond acceptors (Lipinski definition) is 3. The van der Waals surface area contributed by atoms with Gasteiger partial charge in [0, 0.05) is 34.0 Å². The quantitative estimate of drug-likeness (QED) is 0.679. The summed E-state index contributed by atoms with van der Waals surface area (Å²) < 4.78 is 13.0. The Morgan fingerprint density at radius 1 is 1.27 bits per heavy atom. The predicted molar refractivity (Wildman–Crippen MR) is 89.1 cm³/mol. The number of rotatable bonds is 9. The molecular weight excluding hydrogens is 370 g/mol. The first-order valence-electron chi connectivity index (χ1n) is 7.03. The molecule has 0 heterocycles. The third kappa shape index (κ3) is 7.70. The Morgan fingerprint density at radius 2 is 1.91 bits per heavy atom. The van der Waals surface area contributed by atoms with Crippen LogP contribution in [0.2, 0.25) is 0 Å². The highest BCUT2D eigenvalue weighted by atomic mass is 79.9. The molecule has 0 spiro atoms. The molecule has 2 atom stereocenters. The van der Waals surface area contributed by atoms with Gasteiger partial charge in [0.25, 0.3) is 0 Å². The van der Waals surface area contributed by atoms with Crippen LogP contribution >= 0.6 is 15.9 Å². The number of carboxylic acid groups (broad SMARTS) is 1. The molecule has 0 saturated heterocycles. The predicted octanol–water partition coefficient (Wildman–Crippen LogP) is 2.71. The molecule has 1 aromatic rings. The van der Waals surface area contributed by atoms with Crippen molar-refractivity contribution < 1.29 is 18.9 Å². The summed E-state index contributed by atoms with van der Waals surface area (Å²) in [6, 6.07) is 7.11. The van der Waals surface area contributed by atoms with Crippen molar-refractivity contribution in [3.05, 3.63) is 28.7 Å². The standard InChI is InChI=1S/C15H20BrNO4S/c1-11(4-9-15(19)20)17-14(18)3-2-10-22(21)13-7-5-12(16)6-8-13/h5-8,11H,2-4,9-10H2,1H3,(H,17,18)(H,19,20). The highest BCUT2D eigenvalue weighted by molar-refractivity contribution is 9.10. The van der Waals surface area contributed by atoms with Gasteiger partial charge in [0.2, 0.25) is 5.91 Å². The normalized spacial score (nSPS) is 13.4. The first-order chi connectivity index (χ1) is 10.4. The number of nitrogens with one attached hydrogen (secondary N) is 1. The number of carbonyl (C=O) groups excluding carboxylic acids is 1. The first-order valence-corrected chi connectivity index (χ1v) is 9.14. The zero-order chi connectivity index (χ0) is 16.5. The Bertz CT molecular complexity index is 533. The molecule has 5 nitrogen and oxygen atoms in total. The topological polar surface area (TPSA) is 83.5 Å². The molecule has 122 valence electrons. The van der Waals surface area contributed by atoms with Crippen molar-refractivity contribution in [3.63, 3.8) is 0 Å². The number of benzene rings is 1. The summed E-state index contributed by atoms with van der Waals surface area (Å²) in [4.78, 5) is 22.9. The van der Waals surface area contributed by atoms with Crippen molar-refractivity contribution in [1.82, 2.24) is 5.32 Å². The SMILES string of the molecule is CC(CCC(=O)O)NC(=O)CCCS(=O)c1ccc(Br)cc1. The molecule has 1 aromatic carbocycles. The summed E-state index contributed by atoms with van der Waals surface area (Å²) in [5, 5.41) is 11.3. The molecule has 0 saturated carbocycles. The maximum absolute atomic E-state index is 12.0. The van der Waals surface area contributed by atoms with Crippen LogP contribution in [-0.4, -0.2) is 33.0 Å². The van der Waals surface area contributed by atoms with Crippen LogP contribution in [-0.2, 0) is 20.4 Å². The average molecular weight is 390 g/mol. The average Bonchev–Trinajstić information content (AvgIpc) is 2.45. The van der Waals surface area contributed by atoms with Crippen LogP contribution in [0.4, 0.5) is 0 Å². The molecule has 0 aliphatic rings. The van der Waals surface area contributed by atoms with Gasteiger partial charge in [0.15, 0.2) is 0 Å². The van der Waals surface area contributed by atoms with Crippen molar-refractivity contribution in [1.29, 1.82) is 0 Å². The third-order valence-corrected chi connectivity index (χ3v) is 4.99. The number of amides is 1. The van der Waals surface area contributed by atoms with Gasteiger partial charge in [-0.15, -0.1) is 0 Å². The van der Waals surface area contributed by atoms with Crippen LogP contribution in [0.3, 0.4) is 0 Å². The molecule has 0 radical (unpaired) electrons. The molecule has 0 bridgehead atoms. The van der Waals surface area contributed by atoms with Crippen LogP contribution < -0.4 is 5.32 Å². The lowest BCUT2D eigenvalue weighted by molar-refractivity contribution is -0.137. The van der Waals surface area contributed by atoms with Crippen molar-refractivity contribution in [2.45, 2.75) is 43.5 Å². The molecular formula is C15H20BrNO4S. The van der Waals surface area contributed by atoms with Gasteiger partial charge in [-0.3, -0.25) is 13.8 Å². The molecule has 2 unspecified atom stereocenters. The zero-order valence-corrected chi connectivity index (χ0v) is 14.8. The summed E-state index contributed by atoms with van der Waals surface area (Å²) >= 11 is 3.32. The van der Waals surface area contributed by atoms with Gasteiger partial charge >= 0.3 is 5.97 Å². The van der Waals surface area contributed by atoms with Crippen molar-refractivity contribution in [2.24, 2.45) is 0 Å².